The summed E-state index contributed by atoms with van der Waals surface area (Å²) in [5, 5.41) is 9.48. The van der Waals surface area contributed by atoms with Crippen molar-refractivity contribution in [3.8, 4) is 5.69 Å². The molecule has 1 aromatic heterocycles. The summed E-state index contributed by atoms with van der Waals surface area (Å²) >= 11 is 0. The lowest BCUT2D eigenvalue weighted by Crippen LogP contribution is -2.46. The van der Waals surface area contributed by atoms with Crippen molar-refractivity contribution in [1.29, 1.82) is 0 Å². The molecule has 0 bridgehead atoms. The molecule has 1 aliphatic rings. The van der Waals surface area contributed by atoms with Crippen LogP contribution in [0.4, 0.5) is 14.5 Å². The SMILES string of the molecule is O=C(O)c1cn(-c2ccc(F)cc2)c2cc(N3CCN(Cc4ccccc4)CC3)c(F)cc2c1=O. The van der Waals surface area contributed by atoms with Gasteiger partial charge in [0.1, 0.15) is 17.2 Å². The fourth-order valence-electron chi connectivity index (χ4n) is 4.53. The van der Waals surface area contributed by atoms with Crippen molar-refractivity contribution < 1.29 is 18.7 Å². The maximum atomic E-state index is 15.2. The maximum Gasteiger partial charge on any atom is 0.341 e. The summed E-state index contributed by atoms with van der Waals surface area (Å²) in [6.07, 6.45) is 1.21. The van der Waals surface area contributed by atoms with Crippen LogP contribution in [0.3, 0.4) is 0 Å². The molecule has 178 valence electrons. The van der Waals surface area contributed by atoms with E-state index in [-0.39, 0.29) is 5.39 Å². The van der Waals surface area contributed by atoms with Gasteiger partial charge in [-0.2, -0.15) is 0 Å². The molecule has 35 heavy (non-hydrogen) atoms. The van der Waals surface area contributed by atoms with Crippen molar-refractivity contribution in [2.24, 2.45) is 0 Å². The lowest BCUT2D eigenvalue weighted by molar-refractivity contribution is 0.0695. The monoisotopic (exact) mass is 475 g/mol. The van der Waals surface area contributed by atoms with Crippen molar-refractivity contribution in [3.05, 3.63) is 106 Å². The third-order valence-corrected chi connectivity index (χ3v) is 6.37. The number of aromatic carboxylic acids is 1. The molecule has 0 spiro atoms. The van der Waals surface area contributed by atoms with Crippen LogP contribution in [-0.4, -0.2) is 46.7 Å². The standard InChI is InChI=1S/C27H23F2N3O3/c28-19-6-8-20(9-7-19)32-17-22(27(34)35)26(33)21-14-23(29)25(15-24(21)32)31-12-10-30(11-13-31)16-18-4-2-1-3-5-18/h1-9,14-15,17H,10-13,16H2,(H,34,35). The maximum absolute atomic E-state index is 15.2. The molecule has 0 unspecified atom stereocenters. The Morgan fingerprint density at radius 3 is 2.26 bits per heavy atom. The molecule has 8 heteroatoms. The second-order valence-electron chi connectivity index (χ2n) is 8.59. The number of anilines is 1. The summed E-state index contributed by atoms with van der Waals surface area (Å²) < 4.78 is 30.2. The summed E-state index contributed by atoms with van der Waals surface area (Å²) in [5.74, 6) is -2.44. The molecule has 3 aromatic carbocycles. The van der Waals surface area contributed by atoms with E-state index < -0.39 is 28.6 Å². The average Bonchev–Trinajstić information content (AvgIpc) is 2.86. The van der Waals surface area contributed by atoms with E-state index in [0.717, 1.165) is 25.7 Å². The number of carbonyl (C=O) groups is 1. The van der Waals surface area contributed by atoms with Crippen LogP contribution in [-0.2, 0) is 6.54 Å². The summed E-state index contributed by atoms with van der Waals surface area (Å²) in [7, 11) is 0. The molecule has 0 amide bonds. The highest BCUT2D eigenvalue weighted by Crippen LogP contribution is 2.28. The summed E-state index contributed by atoms with van der Waals surface area (Å²) in [6, 6.07) is 18.3. The minimum atomic E-state index is -1.41. The largest absolute Gasteiger partial charge is 0.477 e. The van der Waals surface area contributed by atoms with Crippen LogP contribution in [0, 0.1) is 11.6 Å². The molecule has 5 rings (SSSR count). The zero-order valence-corrected chi connectivity index (χ0v) is 18.8. The van der Waals surface area contributed by atoms with Crippen molar-refractivity contribution in [2.75, 3.05) is 31.1 Å². The number of pyridine rings is 1. The first-order chi connectivity index (χ1) is 16.9. The molecule has 4 aromatic rings. The normalized spacial score (nSPS) is 14.4. The summed E-state index contributed by atoms with van der Waals surface area (Å²) in [5.41, 5.74) is 1.14. The number of aromatic nitrogens is 1. The Bertz CT molecular complexity index is 1450. The molecule has 2 heterocycles. The van der Waals surface area contributed by atoms with Crippen molar-refractivity contribution in [1.82, 2.24) is 9.47 Å². The van der Waals surface area contributed by atoms with Crippen LogP contribution in [0.15, 0.2) is 77.7 Å². The van der Waals surface area contributed by atoms with Crippen molar-refractivity contribution >= 4 is 22.6 Å². The molecule has 6 nitrogen and oxygen atoms in total. The van der Waals surface area contributed by atoms with Gasteiger partial charge in [-0.05, 0) is 42.0 Å². The molecule has 1 fully saturated rings. The number of benzene rings is 3. The minimum Gasteiger partial charge on any atom is -0.477 e. The Hall–Kier alpha value is -4.04. The quantitative estimate of drug-likeness (QED) is 0.467. The number of halogens is 2. The fourth-order valence-corrected chi connectivity index (χ4v) is 4.53. The van der Waals surface area contributed by atoms with E-state index in [1.165, 1.54) is 40.6 Å². The van der Waals surface area contributed by atoms with Gasteiger partial charge in [0.15, 0.2) is 0 Å². The third-order valence-electron chi connectivity index (χ3n) is 6.37. The van der Waals surface area contributed by atoms with Gasteiger partial charge in [0.05, 0.1) is 11.2 Å². The van der Waals surface area contributed by atoms with E-state index in [2.05, 4.69) is 17.0 Å². The molecular formula is C27H23F2N3O3. The van der Waals surface area contributed by atoms with Gasteiger partial charge in [0, 0.05) is 50.0 Å². The van der Waals surface area contributed by atoms with Gasteiger partial charge in [-0.25, -0.2) is 13.6 Å². The molecule has 1 saturated heterocycles. The zero-order chi connectivity index (χ0) is 24.5. The molecule has 1 aliphatic heterocycles. The number of piperazine rings is 1. The van der Waals surface area contributed by atoms with Crippen LogP contribution >= 0.6 is 0 Å². The summed E-state index contributed by atoms with van der Waals surface area (Å²) in [6.45, 7) is 3.51. The van der Waals surface area contributed by atoms with Gasteiger partial charge in [-0.3, -0.25) is 9.69 Å². The lowest BCUT2D eigenvalue weighted by atomic mass is 10.1. The van der Waals surface area contributed by atoms with E-state index in [9.17, 15) is 19.1 Å². The zero-order valence-electron chi connectivity index (χ0n) is 18.8. The van der Waals surface area contributed by atoms with Crippen LogP contribution in [0.5, 0.6) is 0 Å². The first-order valence-electron chi connectivity index (χ1n) is 11.3. The Balaban J connectivity index is 1.51. The predicted molar refractivity (Wildman–Crippen MR) is 130 cm³/mol. The lowest BCUT2D eigenvalue weighted by Gasteiger charge is -2.36. The Morgan fingerprint density at radius 1 is 0.914 bits per heavy atom. The third kappa shape index (κ3) is 4.52. The van der Waals surface area contributed by atoms with Crippen LogP contribution in [0.1, 0.15) is 15.9 Å². The van der Waals surface area contributed by atoms with Gasteiger partial charge in [-0.1, -0.05) is 30.3 Å². The fraction of sp³-hybridized carbons (Fsp3) is 0.185. The highest BCUT2D eigenvalue weighted by molar-refractivity contribution is 5.94. The number of fused-ring (bicyclic) bond motifs is 1. The Morgan fingerprint density at radius 2 is 1.60 bits per heavy atom. The van der Waals surface area contributed by atoms with E-state index in [1.807, 2.05) is 23.1 Å². The Labute approximate surface area is 200 Å². The van der Waals surface area contributed by atoms with Gasteiger partial charge < -0.3 is 14.6 Å². The topological polar surface area (TPSA) is 65.8 Å². The number of carboxylic acids is 1. The van der Waals surface area contributed by atoms with Gasteiger partial charge >= 0.3 is 5.97 Å². The summed E-state index contributed by atoms with van der Waals surface area (Å²) in [4.78, 5) is 28.7. The van der Waals surface area contributed by atoms with Gasteiger partial charge in [-0.15, -0.1) is 0 Å². The molecule has 0 atom stereocenters. The minimum absolute atomic E-state index is 0.0433. The highest BCUT2D eigenvalue weighted by atomic mass is 19.1. The molecule has 0 radical (unpaired) electrons. The Kier molecular flexibility index (Phi) is 6.05. The van der Waals surface area contributed by atoms with Crippen molar-refractivity contribution in [3.63, 3.8) is 0 Å². The van der Waals surface area contributed by atoms with E-state index in [0.29, 0.717) is 30.0 Å². The number of hydrogen-bond donors (Lipinski definition) is 1. The number of carboxylic acid groups (broad SMARTS) is 1. The highest BCUT2D eigenvalue weighted by Gasteiger charge is 2.23. The van der Waals surface area contributed by atoms with E-state index >= 15 is 4.39 Å². The molecule has 0 aliphatic carbocycles. The van der Waals surface area contributed by atoms with Gasteiger partial charge in [0.25, 0.3) is 0 Å². The first kappa shape index (κ1) is 22.7. The van der Waals surface area contributed by atoms with Crippen molar-refractivity contribution in [2.45, 2.75) is 6.54 Å². The van der Waals surface area contributed by atoms with Crippen LogP contribution in [0.2, 0.25) is 0 Å². The smallest absolute Gasteiger partial charge is 0.341 e. The number of hydrogen-bond acceptors (Lipinski definition) is 4. The van der Waals surface area contributed by atoms with E-state index in [1.54, 1.807) is 6.07 Å². The van der Waals surface area contributed by atoms with Gasteiger partial charge in [0.2, 0.25) is 5.43 Å². The second kappa shape index (κ2) is 9.31. The second-order valence-corrected chi connectivity index (χ2v) is 8.59. The average molecular weight is 475 g/mol. The van der Waals surface area contributed by atoms with E-state index in [4.69, 9.17) is 0 Å². The predicted octanol–water partition coefficient (Wildman–Crippen LogP) is 4.29. The van der Waals surface area contributed by atoms with Crippen LogP contribution < -0.4 is 10.3 Å². The van der Waals surface area contributed by atoms with Crippen LogP contribution in [0.25, 0.3) is 16.6 Å². The first-order valence-corrected chi connectivity index (χ1v) is 11.3. The molecule has 1 N–H and O–H groups in total. The molecule has 0 saturated carbocycles. The number of nitrogens with zero attached hydrogens (tertiary/aromatic N) is 3. The number of rotatable bonds is 5. The molecular weight excluding hydrogens is 452 g/mol.